The van der Waals surface area contributed by atoms with Crippen molar-refractivity contribution in [2.75, 3.05) is 20.2 Å². The van der Waals surface area contributed by atoms with Crippen molar-refractivity contribution in [1.82, 2.24) is 25.2 Å². The van der Waals surface area contributed by atoms with Crippen molar-refractivity contribution in [3.05, 3.63) is 47.8 Å². The highest BCUT2D eigenvalue weighted by atomic mass is 16.5. The maximum atomic E-state index is 10.2. The molecule has 10 heteroatoms. The van der Waals surface area contributed by atoms with Crippen molar-refractivity contribution in [2.24, 2.45) is 0 Å². The first-order valence-corrected chi connectivity index (χ1v) is 10.1. The smallest absolute Gasteiger partial charge is 0.404 e. The molecule has 1 aromatic carbocycles. The van der Waals surface area contributed by atoms with Crippen LogP contribution in [0.5, 0.6) is 5.75 Å². The Morgan fingerprint density at radius 1 is 1.19 bits per heavy atom. The third-order valence-corrected chi connectivity index (χ3v) is 4.71. The van der Waals surface area contributed by atoms with E-state index in [1.807, 2.05) is 40.9 Å². The van der Waals surface area contributed by atoms with Gasteiger partial charge in [0, 0.05) is 31.5 Å². The molecule has 32 heavy (non-hydrogen) atoms. The molecule has 2 amide bonds. The zero-order valence-corrected chi connectivity index (χ0v) is 17.8. The molecule has 4 rings (SSSR count). The number of carbonyl (C=O) groups is 2. The predicted molar refractivity (Wildman–Crippen MR) is 116 cm³/mol. The van der Waals surface area contributed by atoms with Gasteiger partial charge in [-0.3, -0.25) is 4.79 Å². The van der Waals surface area contributed by atoms with Crippen LogP contribution in [0.4, 0.5) is 4.79 Å². The number of nitriles is 1. The van der Waals surface area contributed by atoms with Crippen LogP contribution in [-0.2, 0) is 4.79 Å². The quantitative estimate of drug-likeness (QED) is 0.504. The summed E-state index contributed by atoms with van der Waals surface area (Å²) >= 11 is 0. The number of nitrogens with one attached hydrogen (secondary N) is 2. The summed E-state index contributed by atoms with van der Waals surface area (Å²) in [6, 6.07) is 13.5. The van der Waals surface area contributed by atoms with Gasteiger partial charge < -0.3 is 20.5 Å². The summed E-state index contributed by atoms with van der Waals surface area (Å²) in [4.78, 5) is 24.7. The van der Waals surface area contributed by atoms with Gasteiger partial charge in [-0.05, 0) is 37.1 Å². The molecule has 2 aromatic heterocycles. The summed E-state index contributed by atoms with van der Waals surface area (Å²) in [6.07, 6.45) is 1.24. The molecule has 0 bridgehead atoms. The van der Waals surface area contributed by atoms with Crippen LogP contribution in [0.1, 0.15) is 37.1 Å². The van der Waals surface area contributed by atoms with Crippen LogP contribution in [0.25, 0.3) is 16.9 Å². The van der Waals surface area contributed by atoms with Gasteiger partial charge in [-0.1, -0.05) is 12.1 Å². The summed E-state index contributed by atoms with van der Waals surface area (Å²) in [5.41, 5.74) is 3.33. The number of carboxylic acid groups (broad SMARTS) is 1. The van der Waals surface area contributed by atoms with Crippen molar-refractivity contribution < 1.29 is 19.4 Å². The molecule has 0 aliphatic heterocycles. The van der Waals surface area contributed by atoms with Gasteiger partial charge in [-0.25, -0.2) is 14.3 Å². The van der Waals surface area contributed by atoms with Crippen LogP contribution >= 0.6 is 0 Å². The number of methoxy groups -OCH3 is 1. The second kappa shape index (κ2) is 10.3. The lowest BCUT2D eigenvalue weighted by Crippen LogP contribution is -2.32. The average molecular weight is 436 g/mol. The van der Waals surface area contributed by atoms with E-state index in [4.69, 9.17) is 15.1 Å². The first-order valence-electron chi connectivity index (χ1n) is 10.1. The highest BCUT2D eigenvalue weighted by Crippen LogP contribution is 2.39. The van der Waals surface area contributed by atoms with Crippen molar-refractivity contribution in [1.29, 1.82) is 5.26 Å². The number of hydrogen-bond donors (Lipinski definition) is 3. The van der Waals surface area contributed by atoms with Gasteiger partial charge in [-0.15, -0.1) is 0 Å². The van der Waals surface area contributed by atoms with Gasteiger partial charge in [0.05, 0.1) is 24.4 Å². The Morgan fingerprint density at radius 3 is 2.44 bits per heavy atom. The maximum Gasteiger partial charge on any atom is 0.404 e. The van der Waals surface area contributed by atoms with E-state index in [2.05, 4.69) is 26.8 Å². The molecule has 0 unspecified atom stereocenters. The van der Waals surface area contributed by atoms with Crippen molar-refractivity contribution >= 4 is 17.6 Å². The highest BCUT2D eigenvalue weighted by Gasteiger charge is 2.29. The number of pyridine rings is 1. The minimum atomic E-state index is -1.08. The number of rotatable bonds is 6. The predicted octanol–water partition coefficient (Wildman–Crippen LogP) is 2.54. The Labute approximate surface area is 184 Å². The third kappa shape index (κ3) is 5.72. The first kappa shape index (κ1) is 22.6. The fraction of sp³-hybridized carbons (Fsp3) is 0.318. The van der Waals surface area contributed by atoms with E-state index in [0.29, 0.717) is 18.0 Å². The Hall–Kier alpha value is -4.13. The standard InChI is InChI=1S/C17H14N4O.C5H10N2O3/c1-22-15-9-8-14(12-4-2-11(10-18)3-5-12)21-17(15)19-16(20-21)13-6-7-13;1-4(8)6-2-3-7-5(9)10/h2-5,8-9,13H,6-7H2,1H3;7H,2-3H2,1H3,(H,6,8)(H,9,10). The van der Waals surface area contributed by atoms with E-state index < -0.39 is 6.09 Å². The summed E-state index contributed by atoms with van der Waals surface area (Å²) in [7, 11) is 1.64. The molecule has 0 atom stereocenters. The normalized spacial score (nSPS) is 12.3. The van der Waals surface area contributed by atoms with Crippen molar-refractivity contribution in [3.63, 3.8) is 0 Å². The number of amides is 2. The number of ether oxygens (including phenoxy) is 1. The summed E-state index contributed by atoms with van der Waals surface area (Å²) < 4.78 is 7.24. The lowest BCUT2D eigenvalue weighted by atomic mass is 10.1. The number of nitrogens with zero attached hydrogens (tertiary/aromatic N) is 4. The maximum absolute atomic E-state index is 10.2. The Kier molecular flexibility index (Phi) is 7.23. The lowest BCUT2D eigenvalue weighted by Gasteiger charge is -2.07. The number of benzene rings is 1. The molecular formula is C22H24N6O4. The topological polar surface area (TPSA) is 142 Å². The van der Waals surface area contributed by atoms with Crippen LogP contribution in [0, 0.1) is 11.3 Å². The molecule has 0 saturated heterocycles. The van der Waals surface area contributed by atoms with Gasteiger partial charge in [0.1, 0.15) is 0 Å². The molecule has 166 valence electrons. The van der Waals surface area contributed by atoms with Gasteiger partial charge in [-0.2, -0.15) is 10.4 Å². The van der Waals surface area contributed by atoms with E-state index in [-0.39, 0.29) is 12.5 Å². The second-order valence-corrected chi connectivity index (χ2v) is 7.17. The fourth-order valence-electron chi connectivity index (χ4n) is 2.97. The van der Waals surface area contributed by atoms with Crippen LogP contribution in [0.15, 0.2) is 36.4 Å². The zero-order valence-electron chi connectivity index (χ0n) is 17.8. The summed E-state index contributed by atoms with van der Waals surface area (Å²) in [6.45, 7) is 1.96. The van der Waals surface area contributed by atoms with Gasteiger partial charge in [0.2, 0.25) is 5.91 Å². The minimum Gasteiger partial charge on any atom is -0.493 e. The Balaban J connectivity index is 0.000000247. The number of aromatic nitrogens is 3. The van der Waals surface area contributed by atoms with E-state index >= 15 is 0 Å². The molecule has 0 spiro atoms. The monoisotopic (exact) mass is 436 g/mol. The molecular weight excluding hydrogens is 412 g/mol. The van der Waals surface area contributed by atoms with E-state index in [1.54, 1.807) is 7.11 Å². The molecule has 3 aromatic rings. The minimum absolute atomic E-state index is 0.160. The number of fused-ring (bicyclic) bond motifs is 1. The van der Waals surface area contributed by atoms with Crippen LogP contribution in [0.2, 0.25) is 0 Å². The van der Waals surface area contributed by atoms with Crippen LogP contribution < -0.4 is 15.4 Å². The van der Waals surface area contributed by atoms with Gasteiger partial charge in [0.15, 0.2) is 17.2 Å². The number of carbonyl (C=O) groups excluding carboxylic acids is 1. The second-order valence-electron chi connectivity index (χ2n) is 7.17. The third-order valence-electron chi connectivity index (χ3n) is 4.71. The van der Waals surface area contributed by atoms with E-state index in [1.165, 1.54) is 6.92 Å². The Morgan fingerprint density at radius 2 is 1.88 bits per heavy atom. The molecule has 1 aliphatic carbocycles. The molecule has 10 nitrogen and oxygen atoms in total. The lowest BCUT2D eigenvalue weighted by molar-refractivity contribution is -0.118. The number of hydrogen-bond acceptors (Lipinski definition) is 6. The highest BCUT2D eigenvalue weighted by molar-refractivity contribution is 5.73. The molecule has 2 heterocycles. The molecule has 3 N–H and O–H groups in total. The largest absolute Gasteiger partial charge is 0.493 e. The van der Waals surface area contributed by atoms with Crippen LogP contribution in [-0.4, -0.2) is 51.9 Å². The molecule has 1 saturated carbocycles. The Bertz CT molecular complexity index is 1130. The molecule has 1 fully saturated rings. The zero-order chi connectivity index (χ0) is 23.1. The van der Waals surface area contributed by atoms with Gasteiger partial charge in [0.25, 0.3) is 0 Å². The fourth-order valence-corrected chi connectivity index (χ4v) is 2.97. The van der Waals surface area contributed by atoms with Crippen molar-refractivity contribution in [2.45, 2.75) is 25.7 Å². The molecule has 0 radical (unpaired) electrons. The van der Waals surface area contributed by atoms with Gasteiger partial charge >= 0.3 is 6.09 Å². The van der Waals surface area contributed by atoms with Crippen molar-refractivity contribution in [3.8, 4) is 23.1 Å². The molecule has 1 aliphatic rings. The van der Waals surface area contributed by atoms with Crippen LogP contribution in [0.3, 0.4) is 0 Å². The first-order chi connectivity index (χ1) is 15.4. The summed E-state index contributed by atoms with van der Waals surface area (Å²) in [5, 5.41) is 26.2. The van der Waals surface area contributed by atoms with E-state index in [9.17, 15) is 9.59 Å². The van der Waals surface area contributed by atoms with E-state index in [0.717, 1.165) is 41.3 Å². The summed E-state index contributed by atoms with van der Waals surface area (Å²) in [5.74, 6) is 1.93. The average Bonchev–Trinajstić information content (AvgIpc) is 3.54. The SMILES string of the molecule is CC(=O)NCCNC(=O)O.COc1ccc(-c2ccc(C#N)cc2)n2nc(C3CC3)nc12.